The smallest absolute Gasteiger partial charge is 0.420 e. The van der Waals surface area contributed by atoms with Crippen LogP contribution in [0.25, 0.3) is 0 Å². The number of hydrogen-bond acceptors (Lipinski definition) is 6. The molecule has 0 aliphatic carbocycles. The van der Waals surface area contributed by atoms with E-state index in [1.165, 1.54) is 41.3 Å². The van der Waals surface area contributed by atoms with Gasteiger partial charge in [-0.2, -0.15) is 13.2 Å². The Morgan fingerprint density at radius 1 is 1.00 bits per heavy atom. The molecule has 0 radical (unpaired) electrons. The molecule has 194 valence electrons. The number of nitrogens with zero attached hydrogens (tertiary/aromatic N) is 2. The fourth-order valence-electron chi connectivity index (χ4n) is 3.84. The molecule has 3 aromatic rings. The maximum atomic E-state index is 13.6. The third kappa shape index (κ3) is 5.67. The van der Waals surface area contributed by atoms with E-state index in [-0.39, 0.29) is 17.0 Å². The van der Waals surface area contributed by atoms with E-state index in [1.807, 2.05) is 23.9 Å². The van der Waals surface area contributed by atoms with Gasteiger partial charge in [-0.25, -0.2) is 0 Å². The molecule has 0 fully saturated rings. The fourth-order valence-corrected chi connectivity index (χ4v) is 5.72. The van der Waals surface area contributed by atoms with Gasteiger partial charge >= 0.3 is 6.18 Å². The number of ether oxygens (including phenoxy) is 1. The van der Waals surface area contributed by atoms with Crippen LogP contribution in [-0.4, -0.2) is 49.7 Å². The summed E-state index contributed by atoms with van der Waals surface area (Å²) in [5.41, 5.74) is 0.206. The summed E-state index contributed by atoms with van der Waals surface area (Å²) in [7, 11) is 3.89. The summed E-state index contributed by atoms with van der Waals surface area (Å²) in [5.74, 6) is -0.590. The van der Waals surface area contributed by atoms with Gasteiger partial charge in [0.1, 0.15) is 5.75 Å². The van der Waals surface area contributed by atoms with Crippen molar-refractivity contribution < 1.29 is 27.5 Å². The van der Waals surface area contributed by atoms with Crippen LogP contribution in [0.15, 0.2) is 70.5 Å². The van der Waals surface area contributed by atoms with Crippen molar-refractivity contribution in [3.05, 3.63) is 77.4 Å². The Morgan fingerprint density at radius 3 is 2.32 bits per heavy atom. The van der Waals surface area contributed by atoms with Gasteiger partial charge in [0.15, 0.2) is 0 Å². The van der Waals surface area contributed by atoms with Crippen molar-refractivity contribution in [1.82, 2.24) is 4.90 Å². The molecule has 0 aromatic heterocycles. The third-order valence-corrected chi connectivity index (χ3v) is 7.61. The van der Waals surface area contributed by atoms with Gasteiger partial charge < -0.3 is 15.0 Å². The number of amides is 2. The van der Waals surface area contributed by atoms with Crippen molar-refractivity contribution in [1.29, 1.82) is 0 Å². The van der Waals surface area contributed by atoms with E-state index in [0.29, 0.717) is 5.69 Å². The number of rotatable bonds is 3. The minimum atomic E-state index is -4.79. The molecule has 1 N–H and O–H groups in total. The minimum absolute atomic E-state index is 0.226. The second kappa shape index (κ2) is 11.0. The summed E-state index contributed by atoms with van der Waals surface area (Å²) < 4.78 is 45.7. The largest absolute Gasteiger partial charge is 0.495 e. The van der Waals surface area contributed by atoms with Crippen molar-refractivity contribution in [2.75, 3.05) is 43.2 Å². The van der Waals surface area contributed by atoms with Crippen LogP contribution < -0.4 is 15.0 Å². The molecule has 0 atom stereocenters. The first kappa shape index (κ1) is 26.7. The Kier molecular flexibility index (Phi) is 7.93. The number of benzene rings is 3. The number of anilines is 2. The Hall–Kier alpha value is -3.31. The second-order valence-corrected chi connectivity index (χ2v) is 10.2. The van der Waals surface area contributed by atoms with Crippen LogP contribution in [-0.2, 0) is 6.18 Å². The van der Waals surface area contributed by atoms with Crippen molar-refractivity contribution in [2.24, 2.45) is 0 Å². The van der Waals surface area contributed by atoms with E-state index < -0.39 is 29.3 Å². The van der Waals surface area contributed by atoms with Gasteiger partial charge in [0.25, 0.3) is 11.8 Å². The zero-order valence-electron chi connectivity index (χ0n) is 20.3. The Balaban J connectivity index is 0.000000295. The lowest BCUT2D eigenvalue weighted by molar-refractivity contribution is -0.138. The summed E-state index contributed by atoms with van der Waals surface area (Å²) >= 11 is 3.27. The average molecular weight is 548 g/mol. The highest BCUT2D eigenvalue weighted by atomic mass is 32.2. The Labute approximate surface area is 221 Å². The van der Waals surface area contributed by atoms with Gasteiger partial charge in [-0.1, -0.05) is 24.3 Å². The van der Waals surface area contributed by atoms with Gasteiger partial charge in [0, 0.05) is 35.1 Å². The lowest BCUT2D eigenvalue weighted by Gasteiger charge is -2.21. The van der Waals surface area contributed by atoms with Crippen LogP contribution in [0.2, 0.25) is 0 Å². The summed E-state index contributed by atoms with van der Waals surface area (Å²) in [6, 6.07) is 17.4. The van der Waals surface area contributed by atoms with E-state index in [9.17, 15) is 22.8 Å². The number of thioether (sulfide) groups is 2. The lowest BCUT2D eigenvalue weighted by Crippen LogP contribution is -2.29. The van der Waals surface area contributed by atoms with E-state index >= 15 is 0 Å². The van der Waals surface area contributed by atoms with E-state index in [0.717, 1.165) is 34.9 Å². The van der Waals surface area contributed by atoms with Crippen LogP contribution in [0.5, 0.6) is 5.75 Å². The molecule has 2 heterocycles. The molecule has 0 bridgehead atoms. The highest BCUT2D eigenvalue weighted by molar-refractivity contribution is 8.00. The zero-order valence-corrected chi connectivity index (χ0v) is 21.9. The predicted octanol–water partition coefficient (Wildman–Crippen LogP) is 6.29. The highest BCUT2D eigenvalue weighted by Crippen LogP contribution is 2.42. The quantitative estimate of drug-likeness (QED) is 0.416. The number of carbonyl (C=O) groups is 2. The first-order valence-electron chi connectivity index (χ1n) is 11.1. The number of methoxy groups -OCH3 is 1. The molecule has 0 saturated carbocycles. The highest BCUT2D eigenvalue weighted by Gasteiger charge is 2.38. The molecule has 6 nitrogen and oxygen atoms in total. The lowest BCUT2D eigenvalue weighted by atomic mass is 10.0. The van der Waals surface area contributed by atoms with Crippen LogP contribution in [0.4, 0.5) is 24.5 Å². The number of para-hydroxylation sites is 2. The molecule has 0 saturated heterocycles. The molecule has 11 heteroatoms. The van der Waals surface area contributed by atoms with Crippen molar-refractivity contribution in [3.63, 3.8) is 0 Å². The molecule has 0 unspecified atom stereocenters. The van der Waals surface area contributed by atoms with E-state index in [1.54, 1.807) is 12.1 Å². The third-order valence-electron chi connectivity index (χ3n) is 5.61. The standard InChI is InChI=1S/C19H17F3N2O3S.C7H7NS/c1-23(2)18(26)12-8-11(9-13(16(12)27-3)19(20,21)22)17(25)24-10-28-15-7-5-4-6-14(15)24;1-2-4-7-6(3-1)8-5-9-7/h4-9H,10H2,1-3H3;1-4,8H,5H2. The number of carbonyl (C=O) groups excluding carboxylic acids is 2. The van der Waals surface area contributed by atoms with Crippen LogP contribution in [0.3, 0.4) is 0 Å². The summed E-state index contributed by atoms with van der Waals surface area (Å²) in [6.07, 6.45) is -4.79. The average Bonchev–Trinajstić information content (AvgIpc) is 3.54. The number of nitrogens with one attached hydrogen (secondary N) is 1. The minimum Gasteiger partial charge on any atom is -0.495 e. The topological polar surface area (TPSA) is 61.9 Å². The van der Waals surface area contributed by atoms with Crippen molar-refractivity contribution in [3.8, 4) is 5.75 Å². The maximum Gasteiger partial charge on any atom is 0.420 e. The number of hydrogen-bond donors (Lipinski definition) is 1. The SMILES string of the molecule is COc1c(C(=O)N(C)C)cc(C(=O)N2CSc3ccccc32)cc1C(F)(F)F.c1ccc2c(c1)NCS2. The summed E-state index contributed by atoms with van der Waals surface area (Å²) in [4.78, 5) is 30.2. The zero-order chi connectivity index (χ0) is 26.7. The Bertz CT molecular complexity index is 1310. The number of halogens is 3. The van der Waals surface area contributed by atoms with Crippen LogP contribution >= 0.6 is 23.5 Å². The van der Waals surface area contributed by atoms with E-state index in [4.69, 9.17) is 4.74 Å². The van der Waals surface area contributed by atoms with Crippen LogP contribution in [0.1, 0.15) is 26.3 Å². The van der Waals surface area contributed by atoms with Crippen molar-refractivity contribution >= 4 is 46.7 Å². The van der Waals surface area contributed by atoms with Crippen molar-refractivity contribution in [2.45, 2.75) is 16.0 Å². The number of fused-ring (bicyclic) bond motifs is 2. The van der Waals surface area contributed by atoms with E-state index in [2.05, 4.69) is 29.6 Å². The molecular weight excluding hydrogens is 523 g/mol. The first-order valence-corrected chi connectivity index (χ1v) is 13.1. The monoisotopic (exact) mass is 547 g/mol. The molecule has 2 amide bonds. The molecule has 0 spiro atoms. The fraction of sp³-hybridized carbons (Fsp3) is 0.231. The predicted molar refractivity (Wildman–Crippen MR) is 141 cm³/mol. The summed E-state index contributed by atoms with van der Waals surface area (Å²) in [5, 5.41) is 3.26. The van der Waals surface area contributed by atoms with Gasteiger partial charge in [0.05, 0.1) is 35.7 Å². The van der Waals surface area contributed by atoms with Gasteiger partial charge in [-0.15, -0.1) is 23.5 Å². The molecule has 37 heavy (non-hydrogen) atoms. The molecule has 3 aromatic carbocycles. The Morgan fingerprint density at radius 2 is 1.68 bits per heavy atom. The molecule has 5 rings (SSSR count). The number of alkyl halides is 3. The maximum absolute atomic E-state index is 13.6. The molecule has 2 aliphatic rings. The molecule has 2 aliphatic heterocycles. The van der Waals surface area contributed by atoms with Gasteiger partial charge in [0.2, 0.25) is 0 Å². The second-order valence-electron chi connectivity index (χ2n) is 8.24. The van der Waals surface area contributed by atoms with Gasteiger partial charge in [-0.05, 0) is 36.4 Å². The molecular formula is C26H24F3N3O3S2. The summed E-state index contributed by atoms with van der Waals surface area (Å²) in [6.45, 7) is 0. The van der Waals surface area contributed by atoms with Crippen LogP contribution in [0, 0.1) is 0 Å². The normalized spacial score (nSPS) is 13.6. The van der Waals surface area contributed by atoms with Gasteiger partial charge in [-0.3, -0.25) is 14.5 Å². The first-order chi connectivity index (χ1) is 17.6.